The largest absolute Gasteiger partial charge is 0.493 e. The van der Waals surface area contributed by atoms with Gasteiger partial charge in [-0.25, -0.2) is 0 Å². The molecule has 1 aromatic rings. The molecule has 0 radical (unpaired) electrons. The van der Waals surface area contributed by atoms with Crippen LogP contribution in [0.2, 0.25) is 0 Å². The van der Waals surface area contributed by atoms with Crippen LogP contribution >= 0.6 is 0 Å². The highest BCUT2D eigenvalue weighted by Gasteiger charge is 2.18. The Morgan fingerprint density at radius 3 is 2.90 bits per heavy atom. The third-order valence-corrected chi connectivity index (χ3v) is 3.58. The van der Waals surface area contributed by atoms with E-state index in [4.69, 9.17) is 4.74 Å². The zero-order chi connectivity index (χ0) is 14.5. The summed E-state index contributed by atoms with van der Waals surface area (Å²) in [6.45, 7) is 5.74. The molecule has 20 heavy (non-hydrogen) atoms. The van der Waals surface area contributed by atoms with Gasteiger partial charge in [0.15, 0.2) is 0 Å². The Bertz CT molecular complexity index is 472. The summed E-state index contributed by atoms with van der Waals surface area (Å²) in [5.74, 6) is 1.54. The van der Waals surface area contributed by atoms with E-state index >= 15 is 0 Å². The Morgan fingerprint density at radius 2 is 2.20 bits per heavy atom. The highest BCUT2D eigenvalue weighted by Crippen LogP contribution is 2.25. The van der Waals surface area contributed by atoms with Crippen LogP contribution in [0.1, 0.15) is 31.4 Å². The fourth-order valence-corrected chi connectivity index (χ4v) is 2.52. The molecule has 2 N–H and O–H groups in total. The number of carbonyl (C=O) groups is 1. The normalized spacial score (nSPS) is 14.8. The Labute approximate surface area is 120 Å². The minimum Gasteiger partial charge on any atom is -0.493 e. The monoisotopic (exact) mass is 276 g/mol. The summed E-state index contributed by atoms with van der Waals surface area (Å²) in [4.78, 5) is 11.9. The molecule has 1 aromatic carbocycles. The molecule has 0 fully saturated rings. The van der Waals surface area contributed by atoms with Crippen molar-refractivity contribution in [3.8, 4) is 5.75 Å². The highest BCUT2D eigenvalue weighted by atomic mass is 16.5. The number of nitrogens with one attached hydrogen (secondary N) is 2. The molecule has 0 aliphatic carbocycles. The van der Waals surface area contributed by atoms with Crippen LogP contribution in [0, 0.1) is 5.92 Å². The second kappa shape index (κ2) is 6.75. The molecule has 0 saturated heterocycles. The number of hydrogen-bond donors (Lipinski definition) is 2. The fourth-order valence-electron chi connectivity index (χ4n) is 2.52. The minimum atomic E-state index is -0.135. The van der Waals surface area contributed by atoms with Crippen LogP contribution in [0.4, 0.5) is 0 Å². The van der Waals surface area contributed by atoms with Crippen molar-refractivity contribution in [2.75, 3.05) is 13.7 Å². The zero-order valence-electron chi connectivity index (χ0n) is 12.5. The van der Waals surface area contributed by atoms with Crippen LogP contribution in [0.15, 0.2) is 18.2 Å². The number of benzene rings is 1. The maximum absolute atomic E-state index is 11.9. The van der Waals surface area contributed by atoms with Crippen LogP contribution in [0.25, 0.3) is 0 Å². The molecule has 0 spiro atoms. The molecule has 4 nitrogen and oxygen atoms in total. The lowest BCUT2D eigenvalue weighted by atomic mass is 10.0. The summed E-state index contributed by atoms with van der Waals surface area (Å²) in [6.07, 6.45) is 1.82. The average molecular weight is 276 g/mol. The first-order chi connectivity index (χ1) is 9.60. The summed E-state index contributed by atoms with van der Waals surface area (Å²) in [6, 6.07) is 6.12. The lowest BCUT2D eigenvalue weighted by Gasteiger charge is -2.19. The Hall–Kier alpha value is -1.55. The molecule has 1 unspecified atom stereocenters. The van der Waals surface area contributed by atoms with Crippen molar-refractivity contribution in [2.45, 2.75) is 39.3 Å². The van der Waals surface area contributed by atoms with Crippen molar-refractivity contribution >= 4 is 5.91 Å². The summed E-state index contributed by atoms with van der Waals surface area (Å²) < 4.78 is 5.50. The minimum absolute atomic E-state index is 0.0585. The van der Waals surface area contributed by atoms with Gasteiger partial charge in [0.2, 0.25) is 5.91 Å². The summed E-state index contributed by atoms with van der Waals surface area (Å²) >= 11 is 0. The second-order valence-electron chi connectivity index (χ2n) is 5.72. The molecule has 4 heteroatoms. The van der Waals surface area contributed by atoms with Gasteiger partial charge in [-0.3, -0.25) is 4.79 Å². The van der Waals surface area contributed by atoms with E-state index in [0.717, 1.165) is 25.2 Å². The molecule has 0 aromatic heterocycles. The standard InChI is InChI=1S/C16H24N2O2/c1-11(2)8-14(16(19)17-3)18-10-12-4-5-15-13(9-12)6-7-20-15/h4-5,9,11,14,18H,6-8,10H2,1-3H3,(H,17,19). The number of ether oxygens (including phenoxy) is 1. The van der Waals surface area contributed by atoms with Gasteiger partial charge in [0, 0.05) is 20.0 Å². The Kier molecular flexibility index (Phi) is 5.01. The smallest absolute Gasteiger partial charge is 0.236 e. The molecular weight excluding hydrogens is 252 g/mol. The summed E-state index contributed by atoms with van der Waals surface area (Å²) in [5.41, 5.74) is 2.47. The third kappa shape index (κ3) is 3.73. The van der Waals surface area contributed by atoms with Crippen molar-refractivity contribution in [3.63, 3.8) is 0 Å². The van der Waals surface area contributed by atoms with Crippen molar-refractivity contribution < 1.29 is 9.53 Å². The molecule has 1 amide bonds. The van der Waals surface area contributed by atoms with Gasteiger partial charge in [0.1, 0.15) is 5.75 Å². The van der Waals surface area contributed by atoms with Gasteiger partial charge in [-0.05, 0) is 29.5 Å². The molecule has 1 aliphatic heterocycles. The predicted molar refractivity (Wildman–Crippen MR) is 79.8 cm³/mol. The zero-order valence-corrected chi connectivity index (χ0v) is 12.5. The van der Waals surface area contributed by atoms with E-state index < -0.39 is 0 Å². The number of carbonyl (C=O) groups excluding carboxylic acids is 1. The number of likely N-dealkylation sites (N-methyl/N-ethyl adjacent to an activating group) is 1. The predicted octanol–water partition coefficient (Wildman–Crippen LogP) is 1.87. The Balaban J connectivity index is 1.96. The van der Waals surface area contributed by atoms with Crippen LogP contribution in [-0.4, -0.2) is 25.6 Å². The SMILES string of the molecule is CNC(=O)C(CC(C)C)NCc1ccc2c(c1)CCO2. The Morgan fingerprint density at radius 1 is 1.40 bits per heavy atom. The average Bonchev–Trinajstić information content (AvgIpc) is 2.89. The van der Waals surface area contributed by atoms with E-state index in [9.17, 15) is 4.79 Å². The summed E-state index contributed by atoms with van der Waals surface area (Å²) in [7, 11) is 1.68. The number of amides is 1. The molecule has 0 bridgehead atoms. The van der Waals surface area contributed by atoms with Crippen molar-refractivity contribution in [3.05, 3.63) is 29.3 Å². The highest BCUT2D eigenvalue weighted by molar-refractivity contribution is 5.81. The van der Waals surface area contributed by atoms with Crippen molar-refractivity contribution in [1.29, 1.82) is 0 Å². The molecule has 0 saturated carbocycles. The van der Waals surface area contributed by atoms with Crippen molar-refractivity contribution in [1.82, 2.24) is 10.6 Å². The van der Waals surface area contributed by atoms with Gasteiger partial charge in [0.25, 0.3) is 0 Å². The maximum atomic E-state index is 11.9. The third-order valence-electron chi connectivity index (χ3n) is 3.58. The van der Waals surface area contributed by atoms with E-state index in [1.54, 1.807) is 7.05 Å². The van der Waals surface area contributed by atoms with E-state index in [1.165, 1.54) is 11.1 Å². The van der Waals surface area contributed by atoms with Gasteiger partial charge < -0.3 is 15.4 Å². The molecule has 110 valence electrons. The number of rotatable bonds is 6. The summed E-state index contributed by atoms with van der Waals surface area (Å²) in [5, 5.41) is 6.08. The van der Waals surface area contributed by atoms with Crippen LogP contribution in [-0.2, 0) is 17.8 Å². The first-order valence-corrected chi connectivity index (χ1v) is 7.29. The van der Waals surface area contributed by atoms with Gasteiger partial charge in [-0.15, -0.1) is 0 Å². The quantitative estimate of drug-likeness (QED) is 0.834. The first-order valence-electron chi connectivity index (χ1n) is 7.29. The van der Waals surface area contributed by atoms with E-state index in [1.807, 2.05) is 6.07 Å². The molecule has 1 aliphatic rings. The van der Waals surface area contributed by atoms with Gasteiger partial charge in [-0.1, -0.05) is 26.0 Å². The van der Waals surface area contributed by atoms with E-state index in [-0.39, 0.29) is 11.9 Å². The molecule has 1 heterocycles. The first kappa shape index (κ1) is 14.9. The number of hydrogen-bond acceptors (Lipinski definition) is 3. The molecule has 2 rings (SSSR count). The van der Waals surface area contributed by atoms with Gasteiger partial charge in [-0.2, -0.15) is 0 Å². The maximum Gasteiger partial charge on any atom is 0.236 e. The number of fused-ring (bicyclic) bond motifs is 1. The van der Waals surface area contributed by atoms with Crippen molar-refractivity contribution in [2.24, 2.45) is 5.92 Å². The van der Waals surface area contributed by atoms with E-state index in [2.05, 4.69) is 36.6 Å². The van der Waals surface area contributed by atoms with Crippen LogP contribution in [0.3, 0.4) is 0 Å². The van der Waals surface area contributed by atoms with Crippen LogP contribution in [0.5, 0.6) is 5.75 Å². The van der Waals surface area contributed by atoms with Crippen LogP contribution < -0.4 is 15.4 Å². The van der Waals surface area contributed by atoms with E-state index in [0.29, 0.717) is 12.5 Å². The fraction of sp³-hybridized carbons (Fsp3) is 0.562. The second-order valence-corrected chi connectivity index (χ2v) is 5.72. The topological polar surface area (TPSA) is 50.4 Å². The lowest BCUT2D eigenvalue weighted by molar-refractivity contribution is -0.123. The molecule has 1 atom stereocenters. The lowest BCUT2D eigenvalue weighted by Crippen LogP contribution is -2.43. The molecular formula is C16H24N2O2. The van der Waals surface area contributed by atoms with Gasteiger partial charge >= 0.3 is 0 Å². The van der Waals surface area contributed by atoms with Gasteiger partial charge in [0.05, 0.1) is 12.6 Å².